The lowest BCUT2D eigenvalue weighted by atomic mass is 10.1. The van der Waals surface area contributed by atoms with E-state index in [9.17, 15) is 25.0 Å². The number of carbonyl (C=O) groups excluding carboxylic acids is 1. The Kier molecular flexibility index (Phi) is 3.14. The van der Waals surface area contributed by atoms with Crippen LogP contribution < -0.4 is 5.32 Å². The number of nitro groups is 2. The highest BCUT2D eigenvalue weighted by atomic mass is 16.6. The molecule has 1 aromatic carbocycles. The van der Waals surface area contributed by atoms with Gasteiger partial charge in [0.2, 0.25) is 5.82 Å². The van der Waals surface area contributed by atoms with Crippen LogP contribution in [0.5, 0.6) is 0 Å². The van der Waals surface area contributed by atoms with E-state index in [0.717, 1.165) is 6.20 Å². The van der Waals surface area contributed by atoms with E-state index in [0.29, 0.717) is 11.3 Å². The molecule has 0 saturated heterocycles. The summed E-state index contributed by atoms with van der Waals surface area (Å²) in [6, 6.07) is 4.00. The van der Waals surface area contributed by atoms with Crippen molar-refractivity contribution in [2.24, 2.45) is 7.05 Å². The van der Waals surface area contributed by atoms with Crippen molar-refractivity contribution >= 4 is 34.7 Å². The normalized spacial score (nSPS) is 14.7. The summed E-state index contributed by atoms with van der Waals surface area (Å²) in [5, 5.41) is 24.1. The molecular weight excluding hydrogens is 306 g/mol. The van der Waals surface area contributed by atoms with Gasteiger partial charge in [-0.15, -0.1) is 0 Å². The summed E-state index contributed by atoms with van der Waals surface area (Å²) in [7, 11) is 1.46. The van der Waals surface area contributed by atoms with Crippen LogP contribution in [0.2, 0.25) is 0 Å². The maximum Gasteiger partial charge on any atom is 0.342 e. The highest BCUT2D eigenvalue weighted by Crippen LogP contribution is 2.35. The smallest absolute Gasteiger partial charge is 0.342 e. The maximum absolute atomic E-state index is 12.0. The molecular formula is C13H9N5O5. The molecule has 1 aromatic heterocycles. The third-order valence-electron chi connectivity index (χ3n) is 3.46. The number of hydrogen-bond acceptors (Lipinski definition) is 6. The molecule has 2 aromatic rings. The first-order valence-corrected chi connectivity index (χ1v) is 6.36. The predicted octanol–water partition coefficient (Wildman–Crippen LogP) is 1.73. The van der Waals surface area contributed by atoms with Crippen LogP contribution in [0.4, 0.5) is 17.2 Å². The third-order valence-corrected chi connectivity index (χ3v) is 3.46. The van der Waals surface area contributed by atoms with Crippen LogP contribution in [0.1, 0.15) is 11.4 Å². The van der Waals surface area contributed by atoms with Crippen molar-refractivity contribution < 1.29 is 14.6 Å². The Morgan fingerprint density at radius 3 is 2.61 bits per heavy atom. The van der Waals surface area contributed by atoms with Gasteiger partial charge in [0.1, 0.15) is 6.20 Å². The number of hydrogen-bond donors (Lipinski definition) is 1. The Morgan fingerprint density at radius 1 is 1.26 bits per heavy atom. The van der Waals surface area contributed by atoms with E-state index in [-0.39, 0.29) is 22.9 Å². The van der Waals surface area contributed by atoms with Gasteiger partial charge < -0.3 is 15.4 Å². The van der Waals surface area contributed by atoms with E-state index in [2.05, 4.69) is 10.3 Å². The van der Waals surface area contributed by atoms with Crippen LogP contribution in [-0.4, -0.2) is 25.3 Å². The van der Waals surface area contributed by atoms with Crippen molar-refractivity contribution in [3.63, 3.8) is 0 Å². The van der Waals surface area contributed by atoms with E-state index in [1.54, 1.807) is 0 Å². The Morgan fingerprint density at radius 2 is 2.00 bits per heavy atom. The Bertz CT molecular complexity index is 898. The van der Waals surface area contributed by atoms with Crippen molar-refractivity contribution in [3.05, 3.63) is 56.0 Å². The van der Waals surface area contributed by atoms with Gasteiger partial charge in [-0.25, -0.2) is 9.55 Å². The maximum atomic E-state index is 12.0. The van der Waals surface area contributed by atoms with Gasteiger partial charge in [0.15, 0.2) is 0 Å². The third kappa shape index (κ3) is 2.31. The average molecular weight is 315 g/mol. The van der Waals surface area contributed by atoms with Crippen molar-refractivity contribution in [1.29, 1.82) is 0 Å². The number of rotatable bonds is 3. The second kappa shape index (κ2) is 5.02. The van der Waals surface area contributed by atoms with E-state index in [1.165, 1.54) is 35.9 Å². The van der Waals surface area contributed by atoms with Gasteiger partial charge >= 0.3 is 5.82 Å². The molecule has 0 aliphatic carbocycles. The molecule has 1 amide bonds. The first kappa shape index (κ1) is 14.4. The van der Waals surface area contributed by atoms with Crippen LogP contribution in [0.15, 0.2) is 24.4 Å². The van der Waals surface area contributed by atoms with E-state index in [1.807, 2.05) is 0 Å². The van der Waals surface area contributed by atoms with E-state index >= 15 is 0 Å². The van der Waals surface area contributed by atoms with Gasteiger partial charge in [0.25, 0.3) is 11.6 Å². The number of anilines is 1. The number of nitro benzene ring substituents is 1. The lowest BCUT2D eigenvalue weighted by Crippen LogP contribution is -2.05. The molecule has 0 saturated carbocycles. The fourth-order valence-corrected chi connectivity index (χ4v) is 2.29. The van der Waals surface area contributed by atoms with Gasteiger partial charge in [-0.1, -0.05) is 0 Å². The first-order chi connectivity index (χ1) is 10.9. The highest BCUT2D eigenvalue weighted by molar-refractivity contribution is 6.34. The SMILES string of the molecule is Cn1c([N+](=O)[O-])cnc1/C=C1/C(=O)Nc2cc([N+](=O)[O-])ccc21. The van der Waals surface area contributed by atoms with Crippen LogP contribution in [0.25, 0.3) is 11.6 Å². The number of non-ortho nitro benzene ring substituents is 1. The second-order valence-electron chi connectivity index (χ2n) is 4.79. The molecule has 1 aliphatic heterocycles. The number of aromatic nitrogens is 2. The largest absolute Gasteiger partial charge is 0.358 e. The number of nitrogens with one attached hydrogen (secondary N) is 1. The predicted molar refractivity (Wildman–Crippen MR) is 79.5 cm³/mol. The molecule has 0 bridgehead atoms. The van der Waals surface area contributed by atoms with Crippen LogP contribution in [0.3, 0.4) is 0 Å². The van der Waals surface area contributed by atoms with Gasteiger partial charge in [-0.05, 0) is 11.0 Å². The van der Waals surface area contributed by atoms with Crippen molar-refractivity contribution in [2.45, 2.75) is 0 Å². The molecule has 0 unspecified atom stereocenters. The summed E-state index contributed by atoms with van der Waals surface area (Å²) in [5.41, 5.74) is 0.891. The van der Waals surface area contributed by atoms with E-state index in [4.69, 9.17) is 0 Å². The second-order valence-corrected chi connectivity index (χ2v) is 4.79. The van der Waals surface area contributed by atoms with Gasteiger partial charge in [-0.3, -0.25) is 14.9 Å². The number of nitrogens with zero attached hydrogens (tertiary/aromatic N) is 4. The topological polar surface area (TPSA) is 133 Å². The number of carbonyl (C=O) groups is 1. The summed E-state index contributed by atoms with van der Waals surface area (Å²) in [6.07, 6.45) is 2.50. The summed E-state index contributed by atoms with van der Waals surface area (Å²) < 4.78 is 1.24. The fraction of sp³-hybridized carbons (Fsp3) is 0.0769. The number of fused-ring (bicyclic) bond motifs is 1. The summed E-state index contributed by atoms with van der Waals surface area (Å²) in [6.45, 7) is 0. The van der Waals surface area contributed by atoms with Crippen molar-refractivity contribution in [2.75, 3.05) is 5.32 Å². The average Bonchev–Trinajstić information content (AvgIpc) is 3.00. The Balaban J connectivity index is 2.07. The molecule has 0 radical (unpaired) electrons. The summed E-state index contributed by atoms with van der Waals surface area (Å²) in [4.78, 5) is 36.4. The summed E-state index contributed by atoms with van der Waals surface area (Å²) in [5.74, 6) is -0.432. The molecule has 0 spiro atoms. The lowest BCUT2D eigenvalue weighted by molar-refractivity contribution is -0.391. The molecule has 0 atom stereocenters. The number of benzene rings is 1. The standard InChI is InChI=1S/C13H9N5O5/c1-16-11(14-6-12(16)18(22)23)5-9-8-3-2-7(17(20)21)4-10(8)15-13(9)19/h2-6H,1H3,(H,15,19)/b9-5+. The molecule has 0 fully saturated rings. The Labute approximate surface area is 128 Å². The van der Waals surface area contributed by atoms with Gasteiger partial charge in [0.05, 0.1) is 23.2 Å². The fourth-order valence-electron chi connectivity index (χ4n) is 2.29. The summed E-state index contributed by atoms with van der Waals surface area (Å²) >= 11 is 0. The molecule has 1 aliphatic rings. The lowest BCUT2D eigenvalue weighted by Gasteiger charge is -1.98. The first-order valence-electron chi connectivity index (χ1n) is 6.36. The zero-order valence-corrected chi connectivity index (χ0v) is 11.7. The van der Waals surface area contributed by atoms with E-state index < -0.39 is 15.8 Å². The monoisotopic (exact) mass is 315 g/mol. The minimum atomic E-state index is -0.582. The zero-order chi connectivity index (χ0) is 16.7. The number of imidazole rings is 1. The van der Waals surface area contributed by atoms with Crippen molar-refractivity contribution in [3.8, 4) is 0 Å². The van der Waals surface area contributed by atoms with Crippen LogP contribution in [-0.2, 0) is 11.8 Å². The number of amides is 1. The highest BCUT2D eigenvalue weighted by Gasteiger charge is 2.27. The zero-order valence-electron chi connectivity index (χ0n) is 11.7. The quantitative estimate of drug-likeness (QED) is 0.521. The minimum absolute atomic E-state index is 0.141. The molecule has 10 heteroatoms. The molecule has 23 heavy (non-hydrogen) atoms. The van der Waals surface area contributed by atoms with Crippen LogP contribution >= 0.6 is 0 Å². The van der Waals surface area contributed by atoms with Gasteiger partial charge in [0, 0.05) is 23.8 Å². The molecule has 1 N–H and O–H groups in total. The molecule has 3 rings (SSSR count). The van der Waals surface area contributed by atoms with Crippen LogP contribution in [0, 0.1) is 20.2 Å². The molecule has 10 nitrogen and oxygen atoms in total. The Hall–Kier alpha value is -3.56. The minimum Gasteiger partial charge on any atom is -0.358 e. The van der Waals surface area contributed by atoms with Gasteiger partial charge in [-0.2, -0.15) is 0 Å². The molecule has 116 valence electrons. The van der Waals surface area contributed by atoms with Crippen molar-refractivity contribution in [1.82, 2.24) is 9.55 Å². The molecule has 2 heterocycles.